The number of carbonyl (C=O) groups excluding carboxylic acids is 2. The van der Waals surface area contributed by atoms with Crippen LogP contribution in [-0.2, 0) is 4.74 Å². The van der Waals surface area contributed by atoms with Gasteiger partial charge in [-0.15, -0.1) is 0 Å². The Balaban J connectivity index is 1.94. The molecule has 0 aromatic rings. The maximum atomic E-state index is 11.9. The van der Waals surface area contributed by atoms with E-state index in [4.69, 9.17) is 4.74 Å². The number of nitrogens with zero attached hydrogens (tertiary/aromatic N) is 1. The second-order valence-corrected chi connectivity index (χ2v) is 5.74. The third-order valence-corrected chi connectivity index (χ3v) is 2.97. The lowest BCUT2D eigenvalue weighted by Gasteiger charge is -2.26. The Morgan fingerprint density at radius 1 is 1.47 bits per heavy atom. The van der Waals surface area contributed by atoms with Crippen LogP contribution < -0.4 is 10.6 Å². The number of likely N-dealkylation sites (tertiary alicyclic amines) is 1. The predicted octanol–water partition coefficient (Wildman–Crippen LogP) is 0.679. The van der Waals surface area contributed by atoms with Gasteiger partial charge in [-0.2, -0.15) is 0 Å². The second-order valence-electron chi connectivity index (χ2n) is 5.74. The Kier molecular flexibility index (Phi) is 2.67. The molecule has 0 bridgehead atoms. The summed E-state index contributed by atoms with van der Waals surface area (Å²) in [4.78, 5) is 24.7. The van der Waals surface area contributed by atoms with E-state index in [1.807, 2.05) is 20.8 Å². The molecule has 96 valence electrons. The molecule has 2 aliphatic heterocycles. The Morgan fingerprint density at radius 2 is 2.18 bits per heavy atom. The molecule has 2 N–H and O–H groups in total. The monoisotopic (exact) mass is 241 g/mol. The quantitative estimate of drug-likeness (QED) is 0.655. The fourth-order valence-corrected chi connectivity index (χ4v) is 2.18. The number of carbonyl (C=O) groups is 2. The van der Waals surface area contributed by atoms with Crippen molar-refractivity contribution >= 4 is 12.1 Å². The van der Waals surface area contributed by atoms with Gasteiger partial charge >= 0.3 is 12.1 Å². The summed E-state index contributed by atoms with van der Waals surface area (Å²) in [7, 11) is 0. The highest BCUT2D eigenvalue weighted by molar-refractivity contribution is 5.78. The minimum Gasteiger partial charge on any atom is -0.444 e. The highest BCUT2D eigenvalue weighted by Crippen LogP contribution is 2.24. The van der Waals surface area contributed by atoms with Crippen molar-refractivity contribution in [2.75, 3.05) is 19.6 Å². The molecule has 6 heteroatoms. The highest BCUT2D eigenvalue weighted by Gasteiger charge is 2.45. The zero-order valence-electron chi connectivity index (χ0n) is 10.5. The van der Waals surface area contributed by atoms with E-state index in [0.29, 0.717) is 19.6 Å². The van der Waals surface area contributed by atoms with E-state index in [1.54, 1.807) is 4.90 Å². The SMILES string of the molecule is CC(C)(C)OC(=O)N1CCC2(CNC(=O)N2)C1. The fraction of sp³-hybridized carbons (Fsp3) is 0.818. The number of nitrogens with one attached hydrogen (secondary N) is 2. The van der Waals surface area contributed by atoms with Crippen molar-refractivity contribution in [1.82, 2.24) is 15.5 Å². The summed E-state index contributed by atoms with van der Waals surface area (Å²) in [5.41, 5.74) is -0.780. The molecular weight excluding hydrogens is 222 g/mol. The van der Waals surface area contributed by atoms with Crippen LogP contribution in [-0.4, -0.2) is 47.8 Å². The molecule has 0 aromatic heterocycles. The minimum absolute atomic E-state index is 0.156. The van der Waals surface area contributed by atoms with Crippen LogP contribution in [0.15, 0.2) is 0 Å². The molecule has 6 nitrogen and oxygen atoms in total. The molecule has 1 spiro atoms. The second kappa shape index (κ2) is 3.78. The lowest BCUT2D eigenvalue weighted by atomic mass is 10.0. The molecule has 3 amide bonds. The van der Waals surface area contributed by atoms with E-state index in [-0.39, 0.29) is 17.7 Å². The smallest absolute Gasteiger partial charge is 0.410 e. The van der Waals surface area contributed by atoms with Crippen molar-refractivity contribution in [2.45, 2.75) is 38.3 Å². The normalized spacial score (nSPS) is 28.2. The molecule has 1 unspecified atom stereocenters. The summed E-state index contributed by atoms with van der Waals surface area (Å²) < 4.78 is 5.31. The number of rotatable bonds is 0. The molecule has 2 aliphatic rings. The topological polar surface area (TPSA) is 70.7 Å². The number of amides is 3. The van der Waals surface area contributed by atoms with Crippen molar-refractivity contribution < 1.29 is 14.3 Å². The lowest BCUT2D eigenvalue weighted by Crippen LogP contribution is -2.47. The highest BCUT2D eigenvalue weighted by atomic mass is 16.6. The predicted molar refractivity (Wildman–Crippen MR) is 61.7 cm³/mol. The zero-order chi connectivity index (χ0) is 12.7. The summed E-state index contributed by atoms with van der Waals surface area (Å²) in [6, 6.07) is -0.156. The molecule has 17 heavy (non-hydrogen) atoms. The van der Waals surface area contributed by atoms with Gasteiger partial charge in [0, 0.05) is 19.6 Å². The molecule has 0 aliphatic carbocycles. The average Bonchev–Trinajstić information content (AvgIpc) is 2.72. The van der Waals surface area contributed by atoms with E-state index < -0.39 is 5.60 Å². The zero-order valence-corrected chi connectivity index (χ0v) is 10.5. The number of hydrogen-bond acceptors (Lipinski definition) is 3. The van der Waals surface area contributed by atoms with E-state index in [1.165, 1.54) is 0 Å². The molecule has 0 aromatic carbocycles. The van der Waals surface area contributed by atoms with Gasteiger partial charge in [-0.1, -0.05) is 0 Å². The van der Waals surface area contributed by atoms with E-state index in [2.05, 4.69) is 10.6 Å². The van der Waals surface area contributed by atoms with Gasteiger partial charge in [0.2, 0.25) is 0 Å². The number of hydrogen-bond donors (Lipinski definition) is 2. The first-order chi connectivity index (χ1) is 7.80. The molecule has 0 saturated carbocycles. The average molecular weight is 241 g/mol. The van der Waals surface area contributed by atoms with Crippen molar-refractivity contribution in [3.05, 3.63) is 0 Å². The van der Waals surface area contributed by atoms with Gasteiger partial charge in [-0.25, -0.2) is 9.59 Å². The Morgan fingerprint density at radius 3 is 2.71 bits per heavy atom. The van der Waals surface area contributed by atoms with Crippen LogP contribution in [0.3, 0.4) is 0 Å². The molecule has 0 radical (unpaired) electrons. The van der Waals surface area contributed by atoms with Crippen LogP contribution in [0.2, 0.25) is 0 Å². The van der Waals surface area contributed by atoms with Gasteiger partial charge < -0.3 is 20.3 Å². The van der Waals surface area contributed by atoms with E-state index >= 15 is 0 Å². The maximum absolute atomic E-state index is 11.9. The lowest BCUT2D eigenvalue weighted by molar-refractivity contribution is 0.0284. The van der Waals surface area contributed by atoms with Crippen LogP contribution >= 0.6 is 0 Å². The maximum Gasteiger partial charge on any atom is 0.410 e. The van der Waals surface area contributed by atoms with Crippen LogP contribution in [0.5, 0.6) is 0 Å². The fourth-order valence-electron chi connectivity index (χ4n) is 2.18. The summed E-state index contributed by atoms with van der Waals surface area (Å²) in [6.07, 6.45) is 0.459. The summed E-state index contributed by atoms with van der Waals surface area (Å²) in [6.45, 7) is 7.24. The van der Waals surface area contributed by atoms with Gasteiger partial charge in [0.05, 0.1) is 5.54 Å². The Hall–Kier alpha value is -1.46. The third-order valence-electron chi connectivity index (χ3n) is 2.97. The molecule has 2 rings (SSSR count). The number of ether oxygens (including phenoxy) is 1. The van der Waals surface area contributed by atoms with Crippen molar-refractivity contribution in [1.29, 1.82) is 0 Å². The minimum atomic E-state index is -0.482. The first kappa shape index (κ1) is 12.0. The van der Waals surface area contributed by atoms with Gasteiger partial charge in [-0.3, -0.25) is 0 Å². The first-order valence-corrected chi connectivity index (χ1v) is 5.84. The Labute approximate surface area is 101 Å². The molecule has 1 atom stereocenters. The van der Waals surface area contributed by atoms with Crippen LogP contribution in [0.25, 0.3) is 0 Å². The first-order valence-electron chi connectivity index (χ1n) is 5.84. The molecular formula is C11H19N3O3. The third kappa shape index (κ3) is 2.62. The molecule has 2 fully saturated rings. The van der Waals surface area contributed by atoms with Crippen LogP contribution in [0, 0.1) is 0 Å². The van der Waals surface area contributed by atoms with Gasteiger partial charge in [0.1, 0.15) is 5.60 Å². The summed E-state index contributed by atoms with van der Waals surface area (Å²) in [5, 5.41) is 5.61. The number of urea groups is 1. The van der Waals surface area contributed by atoms with E-state index in [9.17, 15) is 9.59 Å². The summed E-state index contributed by atoms with van der Waals surface area (Å²) >= 11 is 0. The van der Waals surface area contributed by atoms with Crippen LogP contribution in [0.1, 0.15) is 27.2 Å². The van der Waals surface area contributed by atoms with Crippen molar-refractivity contribution in [2.24, 2.45) is 0 Å². The van der Waals surface area contributed by atoms with Gasteiger partial charge in [0.25, 0.3) is 0 Å². The molecule has 2 heterocycles. The summed E-state index contributed by atoms with van der Waals surface area (Å²) in [5.74, 6) is 0. The van der Waals surface area contributed by atoms with Crippen molar-refractivity contribution in [3.8, 4) is 0 Å². The van der Waals surface area contributed by atoms with Crippen LogP contribution in [0.4, 0.5) is 9.59 Å². The van der Waals surface area contributed by atoms with Crippen molar-refractivity contribution in [3.63, 3.8) is 0 Å². The van der Waals surface area contributed by atoms with Gasteiger partial charge in [0.15, 0.2) is 0 Å². The molecule has 2 saturated heterocycles. The standard InChI is InChI=1S/C11H19N3O3/c1-10(2,3)17-9(16)14-5-4-11(7-14)6-12-8(15)13-11/h4-7H2,1-3H3,(H2,12,13,15). The Bertz CT molecular complexity index is 350. The largest absolute Gasteiger partial charge is 0.444 e. The van der Waals surface area contributed by atoms with E-state index in [0.717, 1.165) is 6.42 Å². The van der Waals surface area contributed by atoms with Gasteiger partial charge in [-0.05, 0) is 27.2 Å².